The number of fused-ring (bicyclic) bond motifs is 2. The lowest BCUT2D eigenvalue weighted by Crippen LogP contribution is -2.27. The first-order valence-corrected chi connectivity index (χ1v) is 4.40. The number of hydrogen-bond donors (Lipinski definition) is 0. The van der Waals surface area contributed by atoms with Crippen LogP contribution in [0, 0.1) is 5.41 Å². The van der Waals surface area contributed by atoms with Crippen molar-refractivity contribution in [2.75, 3.05) is 0 Å². The van der Waals surface area contributed by atoms with Crippen molar-refractivity contribution in [3.05, 3.63) is 0 Å². The molecule has 0 amide bonds. The molecule has 2 aliphatic heterocycles. The molecule has 1 heteroatoms. The second-order valence-corrected chi connectivity index (χ2v) is 4.04. The minimum Gasteiger partial charge on any atom is -0.374 e. The van der Waals surface area contributed by atoms with E-state index in [9.17, 15) is 0 Å². The molecule has 0 aromatic carbocycles. The van der Waals surface area contributed by atoms with Gasteiger partial charge in [0.05, 0.1) is 12.2 Å². The Bertz CT molecular complexity index is 144. The standard InChI is InChI=1S/C9H16O/c1-3-9(2)6-7-4-5-8(9)10-7/h7-8H,3-6H2,1-2H3. The molecule has 0 aromatic rings. The zero-order chi connectivity index (χ0) is 7.19. The average molecular weight is 140 g/mol. The SMILES string of the molecule is CCC1(C)CC2CCC1O2. The normalized spacial score (nSPS) is 52.2. The van der Waals surface area contributed by atoms with Gasteiger partial charge in [-0.2, -0.15) is 0 Å². The number of rotatable bonds is 1. The molecule has 0 aromatic heterocycles. The smallest absolute Gasteiger partial charge is 0.0634 e. The van der Waals surface area contributed by atoms with Gasteiger partial charge in [-0.05, 0) is 31.1 Å². The first kappa shape index (κ1) is 6.66. The lowest BCUT2D eigenvalue weighted by Gasteiger charge is -2.29. The van der Waals surface area contributed by atoms with E-state index in [2.05, 4.69) is 13.8 Å². The fourth-order valence-electron chi connectivity index (χ4n) is 2.39. The van der Waals surface area contributed by atoms with Crippen molar-refractivity contribution in [1.82, 2.24) is 0 Å². The molecule has 2 heterocycles. The maximum Gasteiger partial charge on any atom is 0.0634 e. The summed E-state index contributed by atoms with van der Waals surface area (Å²) in [5.41, 5.74) is 0.531. The molecule has 0 spiro atoms. The number of hydrogen-bond acceptors (Lipinski definition) is 1. The summed E-state index contributed by atoms with van der Waals surface area (Å²) in [4.78, 5) is 0. The Morgan fingerprint density at radius 3 is 2.60 bits per heavy atom. The minimum atomic E-state index is 0.531. The van der Waals surface area contributed by atoms with E-state index in [1.54, 1.807) is 0 Å². The summed E-state index contributed by atoms with van der Waals surface area (Å²) < 4.78 is 5.78. The molecule has 0 saturated carbocycles. The molecule has 2 aliphatic rings. The van der Waals surface area contributed by atoms with E-state index in [1.165, 1.54) is 25.7 Å². The highest BCUT2D eigenvalue weighted by Crippen LogP contribution is 2.49. The van der Waals surface area contributed by atoms with Gasteiger partial charge in [-0.1, -0.05) is 13.8 Å². The monoisotopic (exact) mass is 140 g/mol. The summed E-state index contributed by atoms with van der Waals surface area (Å²) in [5, 5.41) is 0. The Kier molecular flexibility index (Phi) is 1.31. The molecule has 1 nitrogen and oxygen atoms in total. The second-order valence-electron chi connectivity index (χ2n) is 4.04. The van der Waals surface area contributed by atoms with E-state index in [4.69, 9.17) is 4.74 Å². The summed E-state index contributed by atoms with van der Waals surface area (Å²) >= 11 is 0. The van der Waals surface area contributed by atoms with Gasteiger partial charge in [0.1, 0.15) is 0 Å². The fourth-order valence-corrected chi connectivity index (χ4v) is 2.39. The van der Waals surface area contributed by atoms with Gasteiger partial charge in [-0.3, -0.25) is 0 Å². The summed E-state index contributed by atoms with van der Waals surface area (Å²) in [7, 11) is 0. The maximum absolute atomic E-state index is 5.78. The van der Waals surface area contributed by atoms with Gasteiger partial charge >= 0.3 is 0 Å². The maximum atomic E-state index is 5.78. The second kappa shape index (κ2) is 1.97. The quantitative estimate of drug-likeness (QED) is 0.543. The molecular formula is C9H16O. The third-order valence-corrected chi connectivity index (χ3v) is 3.39. The highest BCUT2D eigenvalue weighted by atomic mass is 16.5. The van der Waals surface area contributed by atoms with Crippen LogP contribution in [0.2, 0.25) is 0 Å². The van der Waals surface area contributed by atoms with Crippen molar-refractivity contribution >= 4 is 0 Å². The van der Waals surface area contributed by atoms with Crippen LogP contribution < -0.4 is 0 Å². The van der Waals surface area contributed by atoms with Crippen molar-refractivity contribution < 1.29 is 4.74 Å². The first-order valence-electron chi connectivity index (χ1n) is 4.40. The van der Waals surface area contributed by atoms with E-state index in [-0.39, 0.29) is 0 Å². The first-order chi connectivity index (χ1) is 4.74. The van der Waals surface area contributed by atoms with E-state index >= 15 is 0 Å². The Morgan fingerprint density at radius 1 is 1.50 bits per heavy atom. The van der Waals surface area contributed by atoms with Crippen LogP contribution in [0.4, 0.5) is 0 Å². The van der Waals surface area contributed by atoms with Crippen LogP contribution in [-0.4, -0.2) is 12.2 Å². The van der Waals surface area contributed by atoms with Gasteiger partial charge in [0.15, 0.2) is 0 Å². The molecule has 2 fully saturated rings. The average Bonchev–Trinajstić information content (AvgIpc) is 2.46. The van der Waals surface area contributed by atoms with Crippen molar-refractivity contribution in [3.63, 3.8) is 0 Å². The van der Waals surface area contributed by atoms with Crippen molar-refractivity contribution in [3.8, 4) is 0 Å². The predicted molar refractivity (Wildman–Crippen MR) is 40.9 cm³/mol. The summed E-state index contributed by atoms with van der Waals surface area (Å²) in [5.74, 6) is 0. The molecule has 10 heavy (non-hydrogen) atoms. The van der Waals surface area contributed by atoms with Gasteiger partial charge in [-0.25, -0.2) is 0 Å². The molecule has 0 N–H and O–H groups in total. The molecule has 3 unspecified atom stereocenters. The van der Waals surface area contributed by atoms with Crippen LogP contribution in [0.1, 0.15) is 39.5 Å². The van der Waals surface area contributed by atoms with Gasteiger partial charge in [0.2, 0.25) is 0 Å². The lowest BCUT2D eigenvalue weighted by atomic mass is 9.74. The van der Waals surface area contributed by atoms with Gasteiger partial charge in [-0.15, -0.1) is 0 Å². The van der Waals surface area contributed by atoms with Crippen LogP contribution in [0.3, 0.4) is 0 Å². The Hall–Kier alpha value is -0.0400. The Labute approximate surface area is 62.8 Å². The van der Waals surface area contributed by atoms with Gasteiger partial charge in [0, 0.05) is 0 Å². The van der Waals surface area contributed by atoms with Gasteiger partial charge in [0.25, 0.3) is 0 Å². The van der Waals surface area contributed by atoms with Crippen molar-refractivity contribution in [1.29, 1.82) is 0 Å². The van der Waals surface area contributed by atoms with Crippen LogP contribution in [-0.2, 0) is 4.74 Å². The van der Waals surface area contributed by atoms with E-state index < -0.39 is 0 Å². The molecule has 58 valence electrons. The van der Waals surface area contributed by atoms with Crippen LogP contribution >= 0.6 is 0 Å². The van der Waals surface area contributed by atoms with E-state index in [1.807, 2.05) is 0 Å². The molecule has 2 rings (SSSR count). The van der Waals surface area contributed by atoms with E-state index in [0.717, 1.165) is 0 Å². The summed E-state index contributed by atoms with van der Waals surface area (Å²) in [6.45, 7) is 4.65. The summed E-state index contributed by atoms with van der Waals surface area (Å²) in [6, 6.07) is 0. The highest BCUT2D eigenvalue weighted by Gasteiger charge is 2.47. The third-order valence-electron chi connectivity index (χ3n) is 3.39. The van der Waals surface area contributed by atoms with E-state index in [0.29, 0.717) is 17.6 Å². The Morgan fingerprint density at radius 2 is 2.30 bits per heavy atom. The zero-order valence-electron chi connectivity index (χ0n) is 6.89. The minimum absolute atomic E-state index is 0.531. The third kappa shape index (κ3) is 0.731. The molecule has 0 radical (unpaired) electrons. The molecule has 2 bridgehead atoms. The van der Waals surface area contributed by atoms with Gasteiger partial charge < -0.3 is 4.74 Å². The number of ether oxygens (including phenoxy) is 1. The largest absolute Gasteiger partial charge is 0.374 e. The molecular weight excluding hydrogens is 124 g/mol. The lowest BCUT2D eigenvalue weighted by molar-refractivity contribution is 0.0660. The molecule has 3 atom stereocenters. The zero-order valence-corrected chi connectivity index (χ0v) is 6.89. The van der Waals surface area contributed by atoms with Crippen LogP contribution in [0.25, 0.3) is 0 Å². The predicted octanol–water partition coefficient (Wildman–Crippen LogP) is 2.35. The highest BCUT2D eigenvalue weighted by molar-refractivity contribution is 4.96. The van der Waals surface area contributed by atoms with Crippen LogP contribution in [0.15, 0.2) is 0 Å². The summed E-state index contributed by atoms with van der Waals surface area (Å²) in [6.07, 6.45) is 6.45. The Balaban J connectivity index is 2.14. The molecule has 0 aliphatic carbocycles. The van der Waals surface area contributed by atoms with Crippen LogP contribution in [0.5, 0.6) is 0 Å². The fraction of sp³-hybridized carbons (Fsp3) is 1.00. The van der Waals surface area contributed by atoms with Crippen molar-refractivity contribution in [2.45, 2.75) is 51.7 Å². The topological polar surface area (TPSA) is 9.23 Å². The molecule has 2 saturated heterocycles. The van der Waals surface area contributed by atoms with Crippen molar-refractivity contribution in [2.24, 2.45) is 5.41 Å².